The molecule has 3 N–H and O–H groups in total. The highest BCUT2D eigenvalue weighted by Crippen LogP contribution is 2.29. The number of ether oxygens (including phenoxy) is 1. The van der Waals surface area contributed by atoms with E-state index in [-0.39, 0.29) is 18.1 Å². The molecule has 5 heteroatoms. The van der Waals surface area contributed by atoms with Crippen molar-refractivity contribution in [1.29, 1.82) is 0 Å². The molecule has 0 saturated carbocycles. The Labute approximate surface area is 118 Å². The highest BCUT2D eigenvalue weighted by atomic mass is 35.5. The van der Waals surface area contributed by atoms with Gasteiger partial charge in [0, 0.05) is 11.6 Å². The molecule has 104 valence electrons. The number of amides is 1. The fourth-order valence-corrected chi connectivity index (χ4v) is 1.58. The summed E-state index contributed by atoms with van der Waals surface area (Å²) in [7, 11) is 0. The second kappa shape index (κ2) is 5.97. The Kier molecular flexibility index (Phi) is 4.84. The number of nitrogens with two attached hydrogens (primary N) is 1. The molecule has 1 amide bonds. The number of carbonyl (C=O) groups excluding carboxylic acids is 1. The lowest BCUT2D eigenvalue weighted by Crippen LogP contribution is -2.40. The van der Waals surface area contributed by atoms with Crippen molar-refractivity contribution in [2.45, 2.75) is 26.3 Å². The summed E-state index contributed by atoms with van der Waals surface area (Å²) in [5, 5.41) is 3.21. The lowest BCUT2D eigenvalue weighted by molar-refractivity contribution is 0.0916. The average molecular weight is 283 g/mol. The fourth-order valence-electron chi connectivity index (χ4n) is 1.43. The molecule has 0 atom stereocenters. The van der Waals surface area contributed by atoms with E-state index in [1.807, 2.05) is 20.8 Å². The number of rotatable bonds is 4. The third kappa shape index (κ3) is 4.48. The van der Waals surface area contributed by atoms with Crippen molar-refractivity contribution in [2.24, 2.45) is 0 Å². The molecule has 1 aromatic rings. The van der Waals surface area contributed by atoms with Gasteiger partial charge in [0.15, 0.2) is 0 Å². The number of hydrogen-bond donors (Lipinski definition) is 2. The maximum absolute atomic E-state index is 12.2. The molecule has 0 aliphatic rings. The van der Waals surface area contributed by atoms with Gasteiger partial charge < -0.3 is 15.8 Å². The minimum atomic E-state index is -0.346. The third-order valence-corrected chi connectivity index (χ3v) is 2.52. The van der Waals surface area contributed by atoms with E-state index in [9.17, 15) is 4.79 Å². The zero-order valence-electron chi connectivity index (χ0n) is 11.4. The smallest absolute Gasteiger partial charge is 0.255 e. The van der Waals surface area contributed by atoms with Crippen LogP contribution in [0.15, 0.2) is 24.8 Å². The number of nitrogens with one attached hydrogen (secondary N) is 1. The van der Waals surface area contributed by atoms with E-state index in [0.717, 1.165) is 0 Å². The molecule has 0 spiro atoms. The van der Waals surface area contributed by atoms with E-state index in [2.05, 4.69) is 11.9 Å². The van der Waals surface area contributed by atoms with Crippen LogP contribution in [0.3, 0.4) is 0 Å². The Morgan fingerprint density at radius 2 is 2.16 bits per heavy atom. The van der Waals surface area contributed by atoms with E-state index in [4.69, 9.17) is 22.1 Å². The Morgan fingerprint density at radius 3 is 2.68 bits per heavy atom. The van der Waals surface area contributed by atoms with Crippen molar-refractivity contribution >= 4 is 23.2 Å². The van der Waals surface area contributed by atoms with Crippen LogP contribution in [0.4, 0.5) is 5.69 Å². The zero-order valence-corrected chi connectivity index (χ0v) is 12.2. The summed E-state index contributed by atoms with van der Waals surface area (Å²) in [5.74, 6) is 0.135. The summed E-state index contributed by atoms with van der Waals surface area (Å²) in [6, 6.07) is 3.06. The first-order chi connectivity index (χ1) is 8.74. The summed E-state index contributed by atoms with van der Waals surface area (Å²) >= 11 is 5.94. The molecule has 0 aliphatic heterocycles. The summed E-state index contributed by atoms with van der Waals surface area (Å²) in [5.41, 5.74) is 6.09. The molecule has 0 aromatic heterocycles. The predicted molar refractivity (Wildman–Crippen MR) is 78.8 cm³/mol. The van der Waals surface area contributed by atoms with Gasteiger partial charge in [-0.05, 0) is 26.8 Å². The van der Waals surface area contributed by atoms with E-state index >= 15 is 0 Å². The van der Waals surface area contributed by atoms with Gasteiger partial charge in [-0.2, -0.15) is 0 Å². The third-order valence-electron chi connectivity index (χ3n) is 2.19. The molecule has 0 bridgehead atoms. The van der Waals surface area contributed by atoms with Crippen LogP contribution in [-0.2, 0) is 0 Å². The molecule has 1 rings (SSSR count). The normalized spacial score (nSPS) is 10.9. The summed E-state index contributed by atoms with van der Waals surface area (Å²) in [4.78, 5) is 12.2. The van der Waals surface area contributed by atoms with Gasteiger partial charge in [-0.15, -0.1) is 0 Å². The Hall–Kier alpha value is -1.68. The summed E-state index contributed by atoms with van der Waals surface area (Å²) in [6.45, 7) is 9.55. The average Bonchev–Trinajstić information content (AvgIpc) is 2.27. The first-order valence-electron chi connectivity index (χ1n) is 5.90. The minimum Gasteiger partial charge on any atom is -0.489 e. The molecule has 0 radical (unpaired) electrons. The van der Waals surface area contributed by atoms with Crippen LogP contribution in [0.25, 0.3) is 0 Å². The van der Waals surface area contributed by atoms with Gasteiger partial charge in [-0.25, -0.2) is 0 Å². The number of halogens is 1. The monoisotopic (exact) mass is 282 g/mol. The Balaban J connectivity index is 3.12. The van der Waals surface area contributed by atoms with Gasteiger partial charge in [0.05, 0.1) is 16.3 Å². The van der Waals surface area contributed by atoms with Gasteiger partial charge in [-0.1, -0.05) is 24.3 Å². The van der Waals surface area contributed by atoms with Crippen LogP contribution in [-0.4, -0.2) is 18.1 Å². The van der Waals surface area contributed by atoms with Crippen LogP contribution >= 0.6 is 11.6 Å². The summed E-state index contributed by atoms with van der Waals surface area (Å²) < 4.78 is 5.44. The topological polar surface area (TPSA) is 64.3 Å². The first-order valence-corrected chi connectivity index (χ1v) is 6.27. The highest BCUT2D eigenvalue weighted by Gasteiger charge is 2.20. The predicted octanol–water partition coefficient (Wildman–Crippen LogP) is 3.02. The molecule has 4 nitrogen and oxygen atoms in total. The molecular formula is C14H19ClN2O2. The number of nitrogen functional groups attached to an aromatic ring is 1. The molecule has 0 fully saturated rings. The maximum atomic E-state index is 12.2. The largest absolute Gasteiger partial charge is 0.489 e. The second-order valence-electron chi connectivity index (χ2n) is 5.17. The van der Waals surface area contributed by atoms with Gasteiger partial charge in [0.2, 0.25) is 0 Å². The van der Waals surface area contributed by atoms with Crippen molar-refractivity contribution in [1.82, 2.24) is 5.32 Å². The Bertz CT molecular complexity index is 493. The molecule has 19 heavy (non-hydrogen) atoms. The minimum absolute atomic E-state index is 0.255. The number of hydrogen-bond acceptors (Lipinski definition) is 3. The standard InChI is InChI=1S/C14H19ClN2O2/c1-5-6-19-12-8-10(15)11(16)7-9(12)13(18)17-14(2,3)4/h5,7-8H,1,6,16H2,2-4H3,(H,17,18). The molecule has 1 aromatic carbocycles. The van der Waals surface area contributed by atoms with Gasteiger partial charge in [0.25, 0.3) is 5.91 Å². The van der Waals surface area contributed by atoms with E-state index in [0.29, 0.717) is 22.0 Å². The lowest BCUT2D eigenvalue weighted by Gasteiger charge is -2.21. The number of anilines is 1. The highest BCUT2D eigenvalue weighted by molar-refractivity contribution is 6.33. The van der Waals surface area contributed by atoms with Crippen molar-refractivity contribution in [2.75, 3.05) is 12.3 Å². The SMILES string of the molecule is C=CCOc1cc(Cl)c(N)cc1C(=O)NC(C)(C)C. The van der Waals surface area contributed by atoms with Crippen LogP contribution in [0, 0.1) is 0 Å². The van der Waals surface area contributed by atoms with Crippen molar-refractivity contribution in [3.05, 3.63) is 35.4 Å². The van der Waals surface area contributed by atoms with Crippen LogP contribution in [0.5, 0.6) is 5.75 Å². The first kappa shape index (κ1) is 15.4. The van der Waals surface area contributed by atoms with E-state index in [1.165, 1.54) is 12.1 Å². The summed E-state index contributed by atoms with van der Waals surface area (Å²) in [6.07, 6.45) is 1.59. The van der Waals surface area contributed by atoms with Gasteiger partial charge in [0.1, 0.15) is 12.4 Å². The maximum Gasteiger partial charge on any atom is 0.255 e. The molecule has 0 aliphatic carbocycles. The number of carbonyl (C=O) groups is 1. The van der Waals surface area contributed by atoms with Crippen molar-refractivity contribution in [3.8, 4) is 5.75 Å². The Morgan fingerprint density at radius 1 is 1.53 bits per heavy atom. The molecule has 0 heterocycles. The molecule has 0 saturated heterocycles. The fraction of sp³-hybridized carbons (Fsp3) is 0.357. The lowest BCUT2D eigenvalue weighted by atomic mass is 10.1. The zero-order chi connectivity index (χ0) is 14.6. The van der Waals surface area contributed by atoms with E-state index in [1.54, 1.807) is 6.08 Å². The van der Waals surface area contributed by atoms with Crippen molar-refractivity contribution in [3.63, 3.8) is 0 Å². The van der Waals surface area contributed by atoms with Crippen LogP contribution in [0.2, 0.25) is 5.02 Å². The van der Waals surface area contributed by atoms with Crippen LogP contribution < -0.4 is 15.8 Å². The number of benzene rings is 1. The quantitative estimate of drug-likeness (QED) is 0.659. The van der Waals surface area contributed by atoms with Crippen molar-refractivity contribution < 1.29 is 9.53 Å². The van der Waals surface area contributed by atoms with Gasteiger partial charge >= 0.3 is 0 Å². The van der Waals surface area contributed by atoms with Crippen LogP contribution in [0.1, 0.15) is 31.1 Å². The van der Waals surface area contributed by atoms with E-state index < -0.39 is 0 Å². The van der Waals surface area contributed by atoms with Gasteiger partial charge in [-0.3, -0.25) is 4.79 Å². The molecule has 0 unspecified atom stereocenters. The molecular weight excluding hydrogens is 264 g/mol. The second-order valence-corrected chi connectivity index (χ2v) is 5.58.